The Morgan fingerprint density at radius 2 is 1.31 bits per heavy atom. The molecular weight excluding hydrogens is 728 g/mol. The van der Waals surface area contributed by atoms with Crippen molar-refractivity contribution in [1.29, 1.82) is 0 Å². The van der Waals surface area contributed by atoms with Crippen LogP contribution in [0, 0.1) is 0 Å². The average molecular weight is 777 g/mol. The number of nitrogens with two attached hydrogens (primary N) is 3. The monoisotopic (exact) mass is 776 g/mol. The fourth-order valence-electron chi connectivity index (χ4n) is 5.38. The summed E-state index contributed by atoms with van der Waals surface area (Å²) >= 11 is 0. The van der Waals surface area contributed by atoms with E-state index >= 15 is 0 Å². The molecule has 9 amide bonds. The molecule has 5 atom stereocenters. The Bertz CT molecular complexity index is 1610. The fraction of sp³-hybridized carbons (Fsp3) is 0.515. The number of hydrogen-bond acceptors (Lipinski definition) is 12. The van der Waals surface area contributed by atoms with Gasteiger partial charge in [0, 0.05) is 25.8 Å². The van der Waals surface area contributed by atoms with E-state index in [9.17, 15) is 58.2 Å². The second kappa shape index (κ2) is 22.0. The number of phenolic OH excluding ortho intramolecular Hbond substituents is 1. The number of primary amides is 2. The maximum atomic E-state index is 13.3. The lowest BCUT2D eigenvalue weighted by atomic mass is 10.0. The van der Waals surface area contributed by atoms with Gasteiger partial charge in [-0.3, -0.25) is 43.2 Å². The van der Waals surface area contributed by atoms with Gasteiger partial charge in [0.05, 0.1) is 19.6 Å². The Morgan fingerprint density at radius 3 is 1.85 bits per heavy atom. The summed E-state index contributed by atoms with van der Waals surface area (Å²) in [5.41, 5.74) is 16.2. The lowest BCUT2D eigenvalue weighted by molar-refractivity contribution is -0.142. The molecule has 302 valence electrons. The van der Waals surface area contributed by atoms with Crippen molar-refractivity contribution in [3.05, 3.63) is 29.8 Å². The van der Waals surface area contributed by atoms with E-state index in [0.717, 1.165) is 0 Å². The summed E-state index contributed by atoms with van der Waals surface area (Å²) in [6, 6.07) is -0.670. The molecule has 22 nitrogen and oxygen atoms in total. The van der Waals surface area contributed by atoms with Gasteiger partial charge in [-0.2, -0.15) is 0 Å². The number of carboxylic acid groups (broad SMARTS) is 1. The summed E-state index contributed by atoms with van der Waals surface area (Å²) in [5.74, 6) is -8.51. The van der Waals surface area contributed by atoms with Crippen molar-refractivity contribution in [3.8, 4) is 5.75 Å². The van der Waals surface area contributed by atoms with Crippen LogP contribution in [-0.4, -0.2) is 131 Å². The first-order chi connectivity index (χ1) is 25.9. The summed E-state index contributed by atoms with van der Waals surface area (Å²) in [6.07, 6.45) is -0.425. The molecule has 0 unspecified atom stereocenters. The van der Waals surface area contributed by atoms with Crippen LogP contribution in [0.4, 0.5) is 0 Å². The van der Waals surface area contributed by atoms with Crippen LogP contribution in [0.2, 0.25) is 0 Å². The molecule has 1 aromatic rings. The van der Waals surface area contributed by atoms with Crippen LogP contribution in [0.3, 0.4) is 0 Å². The number of carboxylic acids is 1. The molecule has 0 bridgehead atoms. The highest BCUT2D eigenvalue weighted by Gasteiger charge is 2.35. The number of phenols is 1. The van der Waals surface area contributed by atoms with Crippen LogP contribution in [0.15, 0.2) is 24.3 Å². The number of aromatic hydroxyl groups is 1. The number of benzene rings is 1. The van der Waals surface area contributed by atoms with Gasteiger partial charge < -0.3 is 64.2 Å². The Balaban J connectivity index is 2.07. The molecule has 14 N–H and O–H groups in total. The normalized spacial score (nSPS) is 15.6. The SMILES string of the molecule is C[C@H](NC(=O)[C@H](Cc1ccc(O)cc1)NC(=O)CNC(=O)[C@H](CCC(N)=O)NC(=O)[C@@H]1CCCN1C(=O)CN)C(=O)NCC(=O)N[C@@H](CCC(N)=O)C(=O)O. The molecular formula is C33H48N10O12. The second-order valence-electron chi connectivity index (χ2n) is 12.6. The van der Waals surface area contributed by atoms with Gasteiger partial charge in [-0.1, -0.05) is 12.1 Å². The van der Waals surface area contributed by atoms with Crippen molar-refractivity contribution in [2.45, 2.75) is 82.1 Å². The molecule has 1 fully saturated rings. The van der Waals surface area contributed by atoms with Crippen LogP contribution in [0.25, 0.3) is 0 Å². The molecule has 0 aromatic heterocycles. The van der Waals surface area contributed by atoms with Crippen molar-refractivity contribution >= 4 is 59.1 Å². The van der Waals surface area contributed by atoms with Gasteiger partial charge in [-0.05, 0) is 50.3 Å². The third-order valence-corrected chi connectivity index (χ3v) is 8.30. The summed E-state index contributed by atoms with van der Waals surface area (Å²) in [7, 11) is 0. The van der Waals surface area contributed by atoms with E-state index in [1.54, 1.807) is 0 Å². The summed E-state index contributed by atoms with van der Waals surface area (Å²) in [5, 5.41) is 33.0. The number of carbonyl (C=O) groups excluding carboxylic acids is 9. The summed E-state index contributed by atoms with van der Waals surface area (Å²) < 4.78 is 0. The number of hydrogen-bond donors (Lipinski definition) is 11. The molecule has 22 heteroatoms. The van der Waals surface area contributed by atoms with Crippen molar-refractivity contribution in [2.24, 2.45) is 17.2 Å². The van der Waals surface area contributed by atoms with Crippen LogP contribution in [0.5, 0.6) is 5.75 Å². The predicted molar refractivity (Wildman–Crippen MR) is 190 cm³/mol. The number of likely N-dealkylation sites (tertiary alicyclic amines) is 1. The molecule has 1 aliphatic rings. The lowest BCUT2D eigenvalue weighted by Crippen LogP contribution is -2.56. The number of nitrogens with zero attached hydrogens (tertiary/aromatic N) is 1. The molecule has 1 saturated heterocycles. The maximum Gasteiger partial charge on any atom is 0.326 e. The van der Waals surface area contributed by atoms with Gasteiger partial charge in [0.2, 0.25) is 53.2 Å². The lowest BCUT2D eigenvalue weighted by Gasteiger charge is -2.26. The zero-order valence-corrected chi connectivity index (χ0v) is 30.1. The first-order valence-corrected chi connectivity index (χ1v) is 17.2. The van der Waals surface area contributed by atoms with E-state index in [-0.39, 0.29) is 44.4 Å². The van der Waals surface area contributed by atoms with Gasteiger partial charge in [0.25, 0.3) is 0 Å². The molecule has 1 aliphatic heterocycles. The van der Waals surface area contributed by atoms with E-state index in [1.165, 1.54) is 36.1 Å². The Morgan fingerprint density at radius 1 is 0.764 bits per heavy atom. The first kappa shape index (κ1) is 44.8. The second-order valence-corrected chi connectivity index (χ2v) is 12.6. The molecule has 0 saturated carbocycles. The molecule has 1 aromatic carbocycles. The molecule has 1 heterocycles. The van der Waals surface area contributed by atoms with E-state index in [1.807, 2.05) is 0 Å². The zero-order chi connectivity index (χ0) is 41.2. The Labute approximate surface area is 315 Å². The van der Waals surface area contributed by atoms with Gasteiger partial charge in [0.15, 0.2) is 0 Å². The largest absolute Gasteiger partial charge is 0.508 e. The third kappa shape index (κ3) is 15.7. The summed E-state index contributed by atoms with van der Waals surface area (Å²) in [4.78, 5) is 125. The number of rotatable bonds is 22. The van der Waals surface area contributed by atoms with Crippen LogP contribution in [-0.2, 0) is 54.4 Å². The van der Waals surface area contributed by atoms with Gasteiger partial charge >= 0.3 is 5.97 Å². The molecule has 2 rings (SSSR count). The van der Waals surface area contributed by atoms with Crippen molar-refractivity contribution < 1.29 is 58.2 Å². The number of amides is 9. The first-order valence-electron chi connectivity index (χ1n) is 17.2. The van der Waals surface area contributed by atoms with E-state index in [2.05, 4.69) is 31.9 Å². The number of carbonyl (C=O) groups is 10. The quantitative estimate of drug-likeness (QED) is 0.0525. The highest BCUT2D eigenvalue weighted by Crippen LogP contribution is 2.18. The Hall–Kier alpha value is -6.32. The van der Waals surface area contributed by atoms with E-state index in [0.29, 0.717) is 24.9 Å². The van der Waals surface area contributed by atoms with Crippen LogP contribution >= 0.6 is 0 Å². The maximum absolute atomic E-state index is 13.3. The molecule has 55 heavy (non-hydrogen) atoms. The van der Waals surface area contributed by atoms with E-state index < -0.39 is 102 Å². The molecule has 0 spiro atoms. The summed E-state index contributed by atoms with van der Waals surface area (Å²) in [6.45, 7) is -0.140. The molecule has 0 radical (unpaired) electrons. The number of nitrogens with one attached hydrogen (secondary N) is 6. The number of aliphatic carboxylic acids is 1. The predicted octanol–water partition coefficient (Wildman–Crippen LogP) is -5.31. The zero-order valence-electron chi connectivity index (χ0n) is 30.1. The average Bonchev–Trinajstić information content (AvgIpc) is 3.63. The minimum absolute atomic E-state index is 0.0713. The molecule has 0 aliphatic carbocycles. The smallest absolute Gasteiger partial charge is 0.326 e. The highest BCUT2D eigenvalue weighted by atomic mass is 16.4. The van der Waals surface area contributed by atoms with Gasteiger partial charge in [-0.15, -0.1) is 0 Å². The van der Waals surface area contributed by atoms with Gasteiger partial charge in [-0.25, -0.2) is 4.79 Å². The van der Waals surface area contributed by atoms with Crippen molar-refractivity contribution in [3.63, 3.8) is 0 Å². The third-order valence-electron chi connectivity index (χ3n) is 8.30. The van der Waals surface area contributed by atoms with Crippen LogP contribution in [0.1, 0.15) is 51.0 Å². The topological polar surface area (TPSA) is 365 Å². The van der Waals surface area contributed by atoms with Crippen molar-refractivity contribution in [2.75, 3.05) is 26.2 Å². The van der Waals surface area contributed by atoms with E-state index in [4.69, 9.17) is 17.2 Å². The van der Waals surface area contributed by atoms with Crippen LogP contribution < -0.4 is 49.1 Å². The Kier molecular flexibility index (Phi) is 18.0. The van der Waals surface area contributed by atoms with Crippen molar-refractivity contribution in [1.82, 2.24) is 36.8 Å². The highest BCUT2D eigenvalue weighted by molar-refractivity contribution is 5.96. The minimum Gasteiger partial charge on any atom is -0.508 e. The minimum atomic E-state index is -1.45. The van der Waals surface area contributed by atoms with Gasteiger partial charge in [0.1, 0.15) is 36.0 Å². The fourth-order valence-corrected chi connectivity index (χ4v) is 5.38. The standard InChI is InChI=1S/C33H48N10O12/c1-17(29(50)37-15-26(47)40-21(33(54)55)9-11-25(36)46)39-31(52)22(13-18-4-6-19(44)7-5-18)41-27(48)16-38-30(51)20(8-10-24(35)45)42-32(53)23-3-2-12-43(23)28(49)14-34/h4-7,17,20-23,44H,2-3,8-16,34H2,1H3,(H2,35,45)(H2,36,46)(H,37,50)(H,38,51)(H,39,52)(H,40,47)(H,41,48)(H,42,53)(H,54,55)/t17-,20-,21-,22-,23-/m0/s1.